The number of nitrogens with two attached hydrogens (primary N) is 1. The first-order valence-electron chi connectivity index (χ1n) is 8.02. The Morgan fingerprint density at radius 3 is 2.75 bits per heavy atom. The van der Waals surface area contributed by atoms with Crippen LogP contribution in [0.5, 0.6) is 0 Å². The summed E-state index contributed by atoms with van der Waals surface area (Å²) in [6.07, 6.45) is 3.37. The van der Waals surface area contributed by atoms with E-state index in [0.29, 0.717) is 29.7 Å². The number of ether oxygens (including phenoxy) is 1. The average molecular weight is 331 g/mol. The van der Waals surface area contributed by atoms with E-state index in [-0.39, 0.29) is 11.9 Å². The molecule has 1 aliphatic heterocycles. The fourth-order valence-corrected chi connectivity index (χ4v) is 2.84. The largest absolute Gasteiger partial charge is 0.462 e. The molecule has 0 amide bonds. The number of piperidine rings is 1. The Morgan fingerprint density at radius 2 is 2.17 bits per heavy atom. The van der Waals surface area contributed by atoms with Crippen molar-refractivity contribution in [2.45, 2.75) is 32.6 Å². The molecule has 0 spiro atoms. The molecule has 2 aromatic heterocycles. The number of aryl methyl sites for hydroxylation is 1. The lowest BCUT2D eigenvalue weighted by Crippen LogP contribution is -2.34. The first-order chi connectivity index (χ1) is 11.6. The Morgan fingerprint density at radius 1 is 1.42 bits per heavy atom. The molecule has 1 aliphatic rings. The van der Waals surface area contributed by atoms with Crippen molar-refractivity contribution < 1.29 is 9.53 Å². The number of nitrogens with zero attached hydrogens (tertiary/aromatic N) is 5. The lowest BCUT2D eigenvalue weighted by Gasteiger charge is -2.31. The average Bonchev–Trinajstić information content (AvgIpc) is 3.01. The van der Waals surface area contributed by atoms with Gasteiger partial charge in [-0.15, -0.1) is 5.10 Å². The summed E-state index contributed by atoms with van der Waals surface area (Å²) in [5.74, 6) is 1.67. The lowest BCUT2D eigenvalue weighted by atomic mass is 9.96. The first-order valence-corrected chi connectivity index (χ1v) is 8.02. The Hall–Kier alpha value is -2.71. The summed E-state index contributed by atoms with van der Waals surface area (Å²) < 4.78 is 5.00. The standard InChI is InChI=1S/C15H21N7O2/c1-3-24-13(23)11-8-17-15(18-9(11)2)22-6-4-10(5-7-22)12-19-14(16)21-20-12/h8,10H,3-7H2,1-2H3,(H3,16,19,20,21). The van der Waals surface area contributed by atoms with Gasteiger partial charge in [0.05, 0.1) is 17.9 Å². The number of carbonyl (C=O) groups is 1. The molecule has 9 heteroatoms. The number of esters is 1. The van der Waals surface area contributed by atoms with Crippen molar-refractivity contribution in [3.05, 3.63) is 23.3 Å². The maximum absolute atomic E-state index is 11.8. The number of carbonyl (C=O) groups excluding carboxylic acids is 1. The quantitative estimate of drug-likeness (QED) is 0.797. The Bertz CT molecular complexity index is 722. The van der Waals surface area contributed by atoms with Crippen LogP contribution in [0.2, 0.25) is 0 Å². The van der Waals surface area contributed by atoms with E-state index in [9.17, 15) is 4.79 Å². The SMILES string of the molecule is CCOC(=O)c1cnc(N2CCC(c3nc(N)n[nH]3)CC2)nc1C. The summed E-state index contributed by atoms with van der Waals surface area (Å²) >= 11 is 0. The number of aromatic nitrogens is 5. The second kappa shape index (κ2) is 6.81. The molecule has 0 aliphatic carbocycles. The van der Waals surface area contributed by atoms with E-state index < -0.39 is 0 Å². The fourth-order valence-electron chi connectivity index (χ4n) is 2.84. The summed E-state index contributed by atoms with van der Waals surface area (Å²) in [6, 6.07) is 0. The zero-order valence-electron chi connectivity index (χ0n) is 13.8. The summed E-state index contributed by atoms with van der Waals surface area (Å²) in [5.41, 5.74) is 6.60. The third-order valence-corrected chi connectivity index (χ3v) is 4.15. The molecule has 0 atom stereocenters. The molecular weight excluding hydrogens is 310 g/mol. The highest BCUT2D eigenvalue weighted by Gasteiger charge is 2.25. The molecule has 3 rings (SSSR count). The number of rotatable bonds is 4. The molecular formula is C15H21N7O2. The Balaban J connectivity index is 1.66. The van der Waals surface area contributed by atoms with Gasteiger partial charge in [-0.05, 0) is 26.7 Å². The smallest absolute Gasteiger partial charge is 0.341 e. The second-order valence-electron chi connectivity index (χ2n) is 5.73. The van der Waals surface area contributed by atoms with Gasteiger partial charge >= 0.3 is 5.97 Å². The van der Waals surface area contributed by atoms with Crippen LogP contribution in [0.4, 0.5) is 11.9 Å². The molecule has 9 nitrogen and oxygen atoms in total. The van der Waals surface area contributed by atoms with Crippen molar-refractivity contribution in [2.24, 2.45) is 0 Å². The summed E-state index contributed by atoms with van der Waals surface area (Å²) in [7, 11) is 0. The van der Waals surface area contributed by atoms with Crippen LogP contribution in [0.25, 0.3) is 0 Å². The van der Waals surface area contributed by atoms with Crippen molar-refractivity contribution in [3.8, 4) is 0 Å². The zero-order chi connectivity index (χ0) is 17.1. The monoisotopic (exact) mass is 331 g/mol. The van der Waals surface area contributed by atoms with Gasteiger partial charge in [-0.1, -0.05) is 0 Å². The highest BCUT2D eigenvalue weighted by molar-refractivity contribution is 5.90. The summed E-state index contributed by atoms with van der Waals surface area (Å²) in [4.78, 5) is 26.9. The van der Waals surface area contributed by atoms with Crippen molar-refractivity contribution in [2.75, 3.05) is 30.3 Å². The van der Waals surface area contributed by atoms with E-state index in [0.717, 1.165) is 31.8 Å². The van der Waals surface area contributed by atoms with Gasteiger partial charge in [-0.25, -0.2) is 14.8 Å². The van der Waals surface area contributed by atoms with Gasteiger partial charge in [0.1, 0.15) is 5.82 Å². The van der Waals surface area contributed by atoms with Crippen molar-refractivity contribution in [3.63, 3.8) is 0 Å². The van der Waals surface area contributed by atoms with Crippen LogP contribution in [0, 0.1) is 6.92 Å². The van der Waals surface area contributed by atoms with E-state index >= 15 is 0 Å². The van der Waals surface area contributed by atoms with Crippen LogP contribution in [0.15, 0.2) is 6.20 Å². The van der Waals surface area contributed by atoms with Gasteiger partial charge in [0.15, 0.2) is 0 Å². The van der Waals surface area contributed by atoms with Crippen LogP contribution >= 0.6 is 0 Å². The molecule has 0 saturated carbocycles. The number of nitrogens with one attached hydrogen (secondary N) is 1. The van der Waals surface area contributed by atoms with Crippen LogP contribution in [0.1, 0.15) is 47.6 Å². The molecule has 1 fully saturated rings. The predicted octanol–water partition coefficient (Wildman–Crippen LogP) is 1.05. The predicted molar refractivity (Wildman–Crippen MR) is 87.7 cm³/mol. The molecule has 0 aromatic carbocycles. The zero-order valence-corrected chi connectivity index (χ0v) is 13.8. The van der Waals surface area contributed by atoms with Crippen LogP contribution in [0.3, 0.4) is 0 Å². The number of hydrogen-bond acceptors (Lipinski definition) is 8. The number of hydrogen-bond donors (Lipinski definition) is 2. The van der Waals surface area contributed by atoms with Gasteiger partial charge in [-0.3, -0.25) is 5.10 Å². The third kappa shape index (κ3) is 3.29. The summed E-state index contributed by atoms with van der Waals surface area (Å²) in [6.45, 7) is 5.52. The van der Waals surface area contributed by atoms with Gasteiger partial charge in [0.25, 0.3) is 0 Å². The normalized spacial score (nSPS) is 15.5. The van der Waals surface area contributed by atoms with Gasteiger partial charge in [0, 0.05) is 25.2 Å². The van der Waals surface area contributed by atoms with Crippen LogP contribution < -0.4 is 10.6 Å². The van der Waals surface area contributed by atoms with Gasteiger partial charge in [-0.2, -0.15) is 4.98 Å². The molecule has 2 aromatic rings. The maximum Gasteiger partial charge on any atom is 0.341 e. The number of anilines is 2. The number of aromatic amines is 1. The minimum absolute atomic E-state index is 0.279. The number of H-pyrrole nitrogens is 1. The molecule has 3 N–H and O–H groups in total. The van der Waals surface area contributed by atoms with E-state index in [1.54, 1.807) is 20.0 Å². The molecule has 3 heterocycles. The molecule has 128 valence electrons. The topological polar surface area (TPSA) is 123 Å². The molecule has 0 unspecified atom stereocenters. The summed E-state index contributed by atoms with van der Waals surface area (Å²) in [5, 5.41) is 6.76. The molecule has 24 heavy (non-hydrogen) atoms. The molecule has 0 radical (unpaired) electrons. The fraction of sp³-hybridized carbons (Fsp3) is 0.533. The molecule has 1 saturated heterocycles. The van der Waals surface area contributed by atoms with Gasteiger partial charge in [0.2, 0.25) is 11.9 Å². The van der Waals surface area contributed by atoms with E-state index in [2.05, 4.69) is 30.0 Å². The van der Waals surface area contributed by atoms with Crippen molar-refractivity contribution >= 4 is 17.9 Å². The second-order valence-corrected chi connectivity index (χ2v) is 5.73. The number of nitrogen functional groups attached to an aromatic ring is 1. The van der Waals surface area contributed by atoms with E-state index in [1.165, 1.54) is 0 Å². The first kappa shape index (κ1) is 16.2. The maximum atomic E-state index is 11.8. The highest BCUT2D eigenvalue weighted by atomic mass is 16.5. The van der Waals surface area contributed by atoms with Gasteiger partial charge < -0.3 is 15.4 Å². The van der Waals surface area contributed by atoms with Crippen molar-refractivity contribution in [1.29, 1.82) is 0 Å². The van der Waals surface area contributed by atoms with Crippen molar-refractivity contribution in [1.82, 2.24) is 25.1 Å². The van der Waals surface area contributed by atoms with E-state index in [4.69, 9.17) is 10.5 Å². The molecule has 0 bridgehead atoms. The highest BCUT2D eigenvalue weighted by Crippen LogP contribution is 2.27. The Labute approximate surface area is 139 Å². The third-order valence-electron chi connectivity index (χ3n) is 4.15. The Kier molecular flexibility index (Phi) is 4.59. The van der Waals surface area contributed by atoms with E-state index in [1.807, 2.05) is 0 Å². The minimum Gasteiger partial charge on any atom is -0.462 e. The lowest BCUT2D eigenvalue weighted by molar-refractivity contribution is 0.0524. The van der Waals surface area contributed by atoms with Crippen LogP contribution in [-0.2, 0) is 4.74 Å². The van der Waals surface area contributed by atoms with Crippen LogP contribution in [-0.4, -0.2) is 50.8 Å². The minimum atomic E-state index is -0.386.